The molecule has 2 aromatic heterocycles. The molecule has 0 saturated carbocycles. The molecule has 7 nitrogen and oxygen atoms in total. The number of carbonyl (C=O) groups is 1. The van der Waals surface area contributed by atoms with Crippen molar-refractivity contribution in [2.75, 3.05) is 31.6 Å². The SMILES string of the molecule is CN1CC[C@](O)(C#Cc2cccc(-c3ccc4ncnc(N5CCC5)c4n3)c2)C1=O.S. The molecule has 1 N–H and O–H groups in total. The highest BCUT2D eigenvalue weighted by Gasteiger charge is 2.42. The highest BCUT2D eigenvalue weighted by molar-refractivity contribution is 7.59. The van der Waals surface area contributed by atoms with Crippen LogP contribution in [0.15, 0.2) is 42.7 Å². The van der Waals surface area contributed by atoms with Gasteiger partial charge in [-0.05, 0) is 30.7 Å². The number of benzene rings is 1. The molecule has 2 fully saturated rings. The molecular formula is C23H23N5O2S. The second kappa shape index (κ2) is 8.17. The number of carbonyl (C=O) groups excluding carboxylic acids is 1. The average Bonchev–Trinajstić information content (AvgIpc) is 2.99. The molecule has 2 saturated heterocycles. The maximum Gasteiger partial charge on any atom is 0.267 e. The largest absolute Gasteiger partial charge is 0.369 e. The Balaban J connectivity index is 0.00000231. The van der Waals surface area contributed by atoms with Crippen LogP contribution >= 0.6 is 13.5 Å². The second-order valence-corrected chi connectivity index (χ2v) is 7.77. The summed E-state index contributed by atoms with van der Waals surface area (Å²) in [6.45, 7) is 2.48. The predicted molar refractivity (Wildman–Crippen MR) is 124 cm³/mol. The van der Waals surface area contributed by atoms with E-state index in [1.54, 1.807) is 13.4 Å². The Bertz CT molecular complexity index is 1220. The van der Waals surface area contributed by atoms with Crippen molar-refractivity contribution >= 4 is 36.3 Å². The minimum Gasteiger partial charge on any atom is -0.369 e. The number of nitrogens with zero attached hydrogens (tertiary/aromatic N) is 5. The van der Waals surface area contributed by atoms with Crippen molar-refractivity contribution in [2.24, 2.45) is 0 Å². The zero-order valence-electron chi connectivity index (χ0n) is 17.2. The van der Waals surface area contributed by atoms with E-state index in [9.17, 15) is 9.90 Å². The minimum atomic E-state index is -1.60. The number of aromatic nitrogens is 3. The van der Waals surface area contributed by atoms with Crippen molar-refractivity contribution in [3.63, 3.8) is 0 Å². The third-order valence-electron chi connectivity index (χ3n) is 5.70. The summed E-state index contributed by atoms with van der Waals surface area (Å²) >= 11 is 0. The molecule has 31 heavy (non-hydrogen) atoms. The van der Waals surface area contributed by atoms with Crippen LogP contribution in [0, 0.1) is 11.8 Å². The van der Waals surface area contributed by atoms with Gasteiger partial charge in [0.05, 0.1) is 11.2 Å². The van der Waals surface area contributed by atoms with E-state index in [2.05, 4.69) is 26.7 Å². The lowest BCUT2D eigenvalue weighted by Gasteiger charge is -2.32. The zero-order chi connectivity index (χ0) is 20.7. The van der Waals surface area contributed by atoms with Gasteiger partial charge in [-0.1, -0.05) is 24.0 Å². The van der Waals surface area contributed by atoms with E-state index in [0.29, 0.717) is 13.0 Å². The highest BCUT2D eigenvalue weighted by Crippen LogP contribution is 2.28. The molecule has 1 aromatic carbocycles. The maximum absolute atomic E-state index is 12.1. The molecule has 0 radical (unpaired) electrons. The molecule has 0 bridgehead atoms. The number of amides is 1. The van der Waals surface area contributed by atoms with Crippen molar-refractivity contribution in [2.45, 2.75) is 18.4 Å². The molecule has 2 aliphatic rings. The van der Waals surface area contributed by atoms with E-state index in [4.69, 9.17) is 4.98 Å². The number of likely N-dealkylation sites (N-methyl/N-ethyl adjacent to an activating group) is 1. The Labute approximate surface area is 187 Å². The lowest BCUT2D eigenvalue weighted by molar-refractivity contribution is -0.137. The van der Waals surface area contributed by atoms with Crippen molar-refractivity contribution in [3.8, 4) is 23.1 Å². The molecule has 5 rings (SSSR count). The van der Waals surface area contributed by atoms with Crippen LogP contribution in [0.25, 0.3) is 22.3 Å². The number of fused-ring (bicyclic) bond motifs is 1. The van der Waals surface area contributed by atoms with E-state index >= 15 is 0 Å². The van der Waals surface area contributed by atoms with Crippen LogP contribution in [0.1, 0.15) is 18.4 Å². The van der Waals surface area contributed by atoms with Crippen LogP contribution < -0.4 is 4.90 Å². The van der Waals surface area contributed by atoms with Crippen LogP contribution in [-0.4, -0.2) is 63.1 Å². The number of hydrogen-bond donors (Lipinski definition) is 1. The molecule has 2 aliphatic heterocycles. The highest BCUT2D eigenvalue weighted by atomic mass is 32.1. The predicted octanol–water partition coefficient (Wildman–Crippen LogP) is 1.96. The summed E-state index contributed by atoms with van der Waals surface area (Å²) in [6, 6.07) is 11.5. The van der Waals surface area contributed by atoms with Gasteiger partial charge in [0, 0.05) is 44.2 Å². The second-order valence-electron chi connectivity index (χ2n) is 7.77. The van der Waals surface area contributed by atoms with Gasteiger partial charge >= 0.3 is 0 Å². The molecule has 158 valence electrons. The molecule has 0 unspecified atom stereocenters. The molecule has 8 heteroatoms. The van der Waals surface area contributed by atoms with E-state index in [0.717, 1.165) is 53.2 Å². The Morgan fingerprint density at radius 3 is 2.68 bits per heavy atom. The van der Waals surface area contributed by atoms with Gasteiger partial charge in [0.1, 0.15) is 11.8 Å². The van der Waals surface area contributed by atoms with Crippen molar-refractivity contribution in [3.05, 3.63) is 48.3 Å². The van der Waals surface area contributed by atoms with Crippen LogP contribution in [0.5, 0.6) is 0 Å². The van der Waals surface area contributed by atoms with Gasteiger partial charge in [-0.3, -0.25) is 4.79 Å². The molecule has 0 spiro atoms. The Morgan fingerprint density at radius 1 is 1.13 bits per heavy atom. The summed E-state index contributed by atoms with van der Waals surface area (Å²) in [5, 5.41) is 10.5. The summed E-state index contributed by atoms with van der Waals surface area (Å²) in [7, 11) is 1.67. The first-order chi connectivity index (χ1) is 14.5. The van der Waals surface area contributed by atoms with Crippen LogP contribution in [-0.2, 0) is 4.79 Å². The number of likely N-dealkylation sites (tertiary alicyclic amines) is 1. The Morgan fingerprint density at radius 2 is 1.97 bits per heavy atom. The zero-order valence-corrected chi connectivity index (χ0v) is 18.2. The van der Waals surface area contributed by atoms with Gasteiger partial charge in [-0.15, -0.1) is 0 Å². The summed E-state index contributed by atoms with van der Waals surface area (Å²) in [5.41, 5.74) is 2.44. The summed E-state index contributed by atoms with van der Waals surface area (Å²) in [4.78, 5) is 29.5. The fourth-order valence-corrected chi connectivity index (χ4v) is 3.75. The average molecular weight is 434 g/mol. The molecular weight excluding hydrogens is 410 g/mol. The normalized spacial score (nSPS) is 20.1. The molecule has 4 heterocycles. The first-order valence-electron chi connectivity index (χ1n) is 10.0. The van der Waals surface area contributed by atoms with Crippen LogP contribution in [0.2, 0.25) is 0 Å². The van der Waals surface area contributed by atoms with Gasteiger partial charge in [-0.25, -0.2) is 15.0 Å². The summed E-state index contributed by atoms with van der Waals surface area (Å²) < 4.78 is 0. The maximum atomic E-state index is 12.1. The van der Waals surface area contributed by atoms with Crippen molar-refractivity contribution < 1.29 is 9.90 Å². The van der Waals surface area contributed by atoms with E-state index in [1.165, 1.54) is 4.90 Å². The van der Waals surface area contributed by atoms with E-state index in [-0.39, 0.29) is 19.4 Å². The Hall–Kier alpha value is -3.15. The third-order valence-corrected chi connectivity index (χ3v) is 5.70. The standard InChI is InChI=1S/C23H21N5O2.H2S/c1-27-13-10-23(30,22(27)29)9-8-16-4-2-5-17(14-16)18-6-7-19-20(26-18)21(25-15-24-19)28-11-3-12-28;/h2,4-7,14-15,30H,3,10-13H2,1H3;1H2/t23-;/m1./s1. The minimum absolute atomic E-state index is 0. The molecule has 1 atom stereocenters. The first-order valence-corrected chi connectivity index (χ1v) is 10.0. The quantitative estimate of drug-likeness (QED) is 0.622. The fourth-order valence-electron chi connectivity index (χ4n) is 3.75. The van der Waals surface area contributed by atoms with E-state index < -0.39 is 5.60 Å². The van der Waals surface area contributed by atoms with Gasteiger partial charge in [-0.2, -0.15) is 13.5 Å². The van der Waals surface area contributed by atoms with Gasteiger partial charge in [0.25, 0.3) is 5.91 Å². The first kappa shape index (κ1) is 21.1. The van der Waals surface area contributed by atoms with Crippen LogP contribution in [0.3, 0.4) is 0 Å². The molecule has 0 aliphatic carbocycles. The fraction of sp³-hybridized carbons (Fsp3) is 0.304. The molecule has 3 aromatic rings. The van der Waals surface area contributed by atoms with E-state index in [1.807, 2.05) is 36.4 Å². The smallest absolute Gasteiger partial charge is 0.267 e. The lowest BCUT2D eigenvalue weighted by atomic mass is 10.0. The van der Waals surface area contributed by atoms with Gasteiger partial charge in [0.15, 0.2) is 5.82 Å². The molecule has 1 amide bonds. The van der Waals surface area contributed by atoms with Gasteiger partial charge < -0.3 is 14.9 Å². The van der Waals surface area contributed by atoms with Crippen molar-refractivity contribution in [1.82, 2.24) is 19.9 Å². The van der Waals surface area contributed by atoms with Crippen molar-refractivity contribution in [1.29, 1.82) is 0 Å². The number of pyridine rings is 1. The Kier molecular flexibility index (Phi) is 5.56. The third kappa shape index (κ3) is 3.82. The summed E-state index contributed by atoms with van der Waals surface area (Å²) in [6.07, 6.45) is 3.07. The number of anilines is 1. The van der Waals surface area contributed by atoms with Crippen LogP contribution in [0.4, 0.5) is 5.82 Å². The summed E-state index contributed by atoms with van der Waals surface area (Å²) in [5.74, 6) is 6.26. The monoisotopic (exact) mass is 433 g/mol. The number of rotatable bonds is 2. The lowest BCUT2D eigenvalue weighted by Crippen LogP contribution is -2.37. The topological polar surface area (TPSA) is 82.4 Å². The van der Waals surface area contributed by atoms with Gasteiger partial charge in [0.2, 0.25) is 5.60 Å². The number of hydrogen-bond acceptors (Lipinski definition) is 6. The number of aliphatic hydroxyl groups is 1.